The van der Waals surface area contributed by atoms with Crippen LogP contribution >= 0.6 is 0 Å². The highest BCUT2D eigenvalue weighted by Gasteiger charge is 2.11. The van der Waals surface area contributed by atoms with Gasteiger partial charge >= 0.3 is 0 Å². The van der Waals surface area contributed by atoms with Gasteiger partial charge in [-0.1, -0.05) is 42.5 Å². The molecule has 0 amide bonds. The van der Waals surface area contributed by atoms with Crippen molar-refractivity contribution < 1.29 is 5.11 Å². The molecule has 0 fully saturated rings. The SMILES string of the molecule is CC(Nc1nc(N)ncc1CCc1ccc(O)cc1)c1ccccc1. The van der Waals surface area contributed by atoms with Gasteiger partial charge in [0, 0.05) is 17.8 Å². The maximum absolute atomic E-state index is 9.38. The van der Waals surface area contributed by atoms with Gasteiger partial charge in [0.15, 0.2) is 0 Å². The summed E-state index contributed by atoms with van der Waals surface area (Å²) in [5.74, 6) is 1.30. The Labute approximate surface area is 147 Å². The maximum atomic E-state index is 9.38. The van der Waals surface area contributed by atoms with Gasteiger partial charge in [-0.3, -0.25) is 0 Å². The molecule has 1 unspecified atom stereocenters. The van der Waals surface area contributed by atoms with Crippen molar-refractivity contribution in [1.29, 1.82) is 0 Å². The first kappa shape index (κ1) is 16.8. The Morgan fingerprint density at radius 2 is 1.76 bits per heavy atom. The van der Waals surface area contributed by atoms with Crippen molar-refractivity contribution >= 4 is 11.8 Å². The largest absolute Gasteiger partial charge is 0.508 e. The number of aryl methyl sites for hydroxylation is 2. The monoisotopic (exact) mass is 334 g/mol. The number of anilines is 2. The Bertz CT molecular complexity index is 819. The van der Waals surface area contributed by atoms with Crippen LogP contribution in [-0.2, 0) is 12.8 Å². The number of nitrogen functional groups attached to an aromatic ring is 1. The van der Waals surface area contributed by atoms with Gasteiger partial charge in [0.2, 0.25) is 5.95 Å². The normalized spacial score (nSPS) is 11.9. The smallest absolute Gasteiger partial charge is 0.221 e. The number of nitrogens with zero attached hydrogens (tertiary/aromatic N) is 2. The van der Waals surface area contributed by atoms with Crippen LogP contribution in [0.15, 0.2) is 60.8 Å². The molecule has 5 nitrogen and oxygen atoms in total. The first-order valence-corrected chi connectivity index (χ1v) is 8.32. The average molecular weight is 334 g/mol. The number of phenolic OH excluding ortho intramolecular Hbond substituents is 1. The second kappa shape index (κ2) is 7.66. The van der Waals surface area contributed by atoms with Crippen LogP contribution in [-0.4, -0.2) is 15.1 Å². The summed E-state index contributed by atoms with van der Waals surface area (Å²) in [6, 6.07) is 17.6. The minimum Gasteiger partial charge on any atom is -0.508 e. The summed E-state index contributed by atoms with van der Waals surface area (Å²) < 4.78 is 0. The van der Waals surface area contributed by atoms with E-state index in [-0.39, 0.29) is 17.7 Å². The van der Waals surface area contributed by atoms with E-state index in [1.807, 2.05) is 30.3 Å². The predicted molar refractivity (Wildman–Crippen MR) is 100 cm³/mol. The molecule has 0 saturated carbocycles. The fourth-order valence-corrected chi connectivity index (χ4v) is 2.70. The van der Waals surface area contributed by atoms with Gasteiger partial charge in [0.1, 0.15) is 11.6 Å². The molecule has 1 aromatic heterocycles. The number of nitrogens with one attached hydrogen (secondary N) is 1. The van der Waals surface area contributed by atoms with Crippen molar-refractivity contribution in [2.45, 2.75) is 25.8 Å². The molecule has 4 N–H and O–H groups in total. The topological polar surface area (TPSA) is 84.1 Å². The first-order valence-electron chi connectivity index (χ1n) is 8.32. The zero-order chi connectivity index (χ0) is 17.6. The Kier molecular flexibility index (Phi) is 5.14. The standard InChI is InChI=1S/C20H22N4O/c1-14(16-5-3-2-4-6-16)23-19-17(13-22-20(21)24-19)10-7-15-8-11-18(25)12-9-15/h2-6,8-9,11-14,25H,7,10H2,1H3,(H3,21,22,23,24). The van der Waals surface area contributed by atoms with Gasteiger partial charge in [0.25, 0.3) is 0 Å². The third-order valence-electron chi connectivity index (χ3n) is 4.16. The number of hydrogen-bond donors (Lipinski definition) is 3. The summed E-state index contributed by atoms with van der Waals surface area (Å²) in [4.78, 5) is 8.51. The van der Waals surface area contributed by atoms with E-state index in [9.17, 15) is 5.11 Å². The summed E-state index contributed by atoms with van der Waals surface area (Å²) in [6.45, 7) is 2.09. The summed E-state index contributed by atoms with van der Waals surface area (Å²) in [5.41, 5.74) is 9.13. The molecule has 0 bridgehead atoms. The molecule has 0 aliphatic carbocycles. The average Bonchev–Trinajstić information content (AvgIpc) is 2.63. The molecule has 1 heterocycles. The van der Waals surface area contributed by atoms with E-state index < -0.39 is 0 Å². The van der Waals surface area contributed by atoms with Crippen molar-refractivity contribution in [2.75, 3.05) is 11.1 Å². The lowest BCUT2D eigenvalue weighted by atomic mass is 10.0. The second-order valence-electron chi connectivity index (χ2n) is 6.05. The maximum Gasteiger partial charge on any atom is 0.221 e. The molecule has 3 rings (SSSR count). The van der Waals surface area contributed by atoms with Crippen molar-refractivity contribution in [3.8, 4) is 5.75 Å². The van der Waals surface area contributed by atoms with Gasteiger partial charge in [-0.05, 0) is 43.0 Å². The second-order valence-corrected chi connectivity index (χ2v) is 6.05. The number of aromatic hydroxyl groups is 1. The van der Waals surface area contributed by atoms with Crippen LogP contribution in [0.3, 0.4) is 0 Å². The molecular formula is C20H22N4O. The quantitative estimate of drug-likeness (QED) is 0.640. The van der Waals surface area contributed by atoms with Crippen molar-refractivity contribution in [2.24, 2.45) is 0 Å². The molecule has 0 spiro atoms. The van der Waals surface area contributed by atoms with Gasteiger partial charge in [-0.25, -0.2) is 4.98 Å². The van der Waals surface area contributed by atoms with E-state index in [4.69, 9.17) is 5.73 Å². The molecule has 5 heteroatoms. The predicted octanol–water partition coefficient (Wildman–Crippen LogP) is 3.72. The highest BCUT2D eigenvalue weighted by Crippen LogP contribution is 2.22. The highest BCUT2D eigenvalue weighted by atomic mass is 16.3. The molecule has 2 aromatic carbocycles. The van der Waals surface area contributed by atoms with Crippen LogP contribution in [0.5, 0.6) is 5.75 Å². The Morgan fingerprint density at radius 3 is 2.48 bits per heavy atom. The van der Waals surface area contributed by atoms with Crippen LogP contribution in [0.1, 0.15) is 29.7 Å². The summed E-state index contributed by atoms with van der Waals surface area (Å²) >= 11 is 0. The third kappa shape index (κ3) is 4.47. The summed E-state index contributed by atoms with van der Waals surface area (Å²) in [6.07, 6.45) is 3.40. The number of rotatable bonds is 6. The Morgan fingerprint density at radius 1 is 1.04 bits per heavy atom. The van der Waals surface area contributed by atoms with E-state index in [2.05, 4.69) is 34.3 Å². The van der Waals surface area contributed by atoms with E-state index in [1.54, 1.807) is 18.3 Å². The van der Waals surface area contributed by atoms with Gasteiger partial charge < -0.3 is 16.2 Å². The van der Waals surface area contributed by atoms with E-state index in [1.165, 1.54) is 5.56 Å². The number of benzene rings is 2. The zero-order valence-electron chi connectivity index (χ0n) is 14.2. The summed E-state index contributed by atoms with van der Waals surface area (Å²) in [5, 5.41) is 12.8. The molecule has 0 aliphatic heterocycles. The Hall–Kier alpha value is -3.08. The Balaban J connectivity index is 1.74. The minimum atomic E-state index is 0.114. The van der Waals surface area contributed by atoms with Gasteiger partial charge in [-0.15, -0.1) is 0 Å². The summed E-state index contributed by atoms with van der Waals surface area (Å²) in [7, 11) is 0. The molecule has 25 heavy (non-hydrogen) atoms. The number of nitrogens with two attached hydrogens (primary N) is 1. The molecular weight excluding hydrogens is 312 g/mol. The molecule has 0 radical (unpaired) electrons. The number of phenols is 1. The third-order valence-corrected chi connectivity index (χ3v) is 4.16. The highest BCUT2D eigenvalue weighted by molar-refractivity contribution is 5.48. The van der Waals surface area contributed by atoms with Crippen LogP contribution in [0.4, 0.5) is 11.8 Å². The lowest BCUT2D eigenvalue weighted by Crippen LogP contribution is -2.12. The van der Waals surface area contributed by atoms with Crippen LogP contribution in [0.2, 0.25) is 0 Å². The first-order chi connectivity index (χ1) is 12.1. The van der Waals surface area contributed by atoms with Gasteiger partial charge in [0.05, 0.1) is 0 Å². The number of aromatic nitrogens is 2. The lowest BCUT2D eigenvalue weighted by molar-refractivity contribution is 0.475. The molecule has 3 aromatic rings. The lowest BCUT2D eigenvalue weighted by Gasteiger charge is -2.17. The van der Waals surface area contributed by atoms with E-state index in [0.717, 1.165) is 29.8 Å². The molecule has 128 valence electrons. The number of hydrogen-bond acceptors (Lipinski definition) is 5. The van der Waals surface area contributed by atoms with E-state index >= 15 is 0 Å². The van der Waals surface area contributed by atoms with E-state index in [0.29, 0.717) is 0 Å². The van der Waals surface area contributed by atoms with Crippen molar-refractivity contribution in [3.63, 3.8) is 0 Å². The van der Waals surface area contributed by atoms with Crippen LogP contribution in [0.25, 0.3) is 0 Å². The van der Waals surface area contributed by atoms with Crippen molar-refractivity contribution in [1.82, 2.24) is 9.97 Å². The van der Waals surface area contributed by atoms with Gasteiger partial charge in [-0.2, -0.15) is 4.98 Å². The molecule has 1 atom stereocenters. The van der Waals surface area contributed by atoms with Crippen molar-refractivity contribution in [3.05, 3.63) is 77.5 Å². The van der Waals surface area contributed by atoms with Crippen LogP contribution in [0, 0.1) is 0 Å². The minimum absolute atomic E-state index is 0.114. The molecule has 0 saturated heterocycles. The fourth-order valence-electron chi connectivity index (χ4n) is 2.70. The fraction of sp³-hybridized carbons (Fsp3) is 0.200. The molecule has 0 aliphatic rings. The zero-order valence-corrected chi connectivity index (χ0v) is 14.2. The van der Waals surface area contributed by atoms with Crippen LogP contribution < -0.4 is 11.1 Å².